The lowest BCUT2D eigenvalue weighted by Crippen LogP contribution is -2.43. The first-order chi connectivity index (χ1) is 9.46. The molecule has 20 heavy (non-hydrogen) atoms. The average Bonchev–Trinajstić information content (AvgIpc) is 2.76. The van der Waals surface area contributed by atoms with E-state index in [4.69, 9.17) is 10.5 Å². The van der Waals surface area contributed by atoms with Gasteiger partial charge in [-0.3, -0.25) is 4.79 Å². The van der Waals surface area contributed by atoms with Gasteiger partial charge in [0.05, 0.1) is 11.7 Å². The standard InChI is InChI=1S/C14H21N3O3/c1-9-14(19,5-6-20-9)8-17-12-7-10(15)3-4-11(12)13(18)16-2/h3-4,7,9,17,19H,5-6,8,15H2,1-2H3,(H,16,18). The van der Waals surface area contributed by atoms with Crippen molar-refractivity contribution in [3.05, 3.63) is 23.8 Å². The average molecular weight is 279 g/mol. The molecule has 110 valence electrons. The Morgan fingerprint density at radius 2 is 2.35 bits per heavy atom. The number of amides is 1. The minimum absolute atomic E-state index is 0.199. The van der Waals surface area contributed by atoms with Gasteiger partial charge in [0, 0.05) is 38.0 Å². The van der Waals surface area contributed by atoms with Crippen molar-refractivity contribution in [2.24, 2.45) is 0 Å². The number of nitrogens with one attached hydrogen (secondary N) is 2. The van der Waals surface area contributed by atoms with Crippen LogP contribution in [0.3, 0.4) is 0 Å². The topological polar surface area (TPSA) is 96.6 Å². The van der Waals surface area contributed by atoms with Gasteiger partial charge in [0.2, 0.25) is 0 Å². The molecule has 2 rings (SSSR count). The summed E-state index contributed by atoms with van der Waals surface area (Å²) in [5.74, 6) is -0.199. The van der Waals surface area contributed by atoms with Crippen LogP contribution in [-0.4, -0.2) is 42.9 Å². The van der Waals surface area contributed by atoms with Gasteiger partial charge in [-0.25, -0.2) is 0 Å². The van der Waals surface area contributed by atoms with E-state index in [0.717, 1.165) is 0 Å². The molecule has 2 atom stereocenters. The van der Waals surface area contributed by atoms with Gasteiger partial charge >= 0.3 is 0 Å². The van der Waals surface area contributed by atoms with E-state index in [1.54, 1.807) is 25.2 Å². The van der Waals surface area contributed by atoms with Gasteiger partial charge in [0.15, 0.2) is 0 Å². The highest BCUT2D eigenvalue weighted by molar-refractivity contribution is 6.00. The van der Waals surface area contributed by atoms with Crippen molar-refractivity contribution >= 4 is 17.3 Å². The SMILES string of the molecule is CNC(=O)c1ccc(N)cc1NCC1(O)CCOC1C. The number of carbonyl (C=O) groups is 1. The maximum Gasteiger partial charge on any atom is 0.253 e. The molecular weight excluding hydrogens is 258 g/mol. The predicted octanol–water partition coefficient (Wildman–Crippen LogP) is 0.580. The van der Waals surface area contributed by atoms with E-state index < -0.39 is 5.60 Å². The Kier molecular flexibility index (Phi) is 4.15. The van der Waals surface area contributed by atoms with Crippen molar-refractivity contribution in [2.75, 3.05) is 31.2 Å². The number of hydrogen-bond donors (Lipinski definition) is 4. The molecule has 1 saturated heterocycles. The number of carbonyl (C=O) groups excluding carboxylic acids is 1. The fourth-order valence-corrected chi connectivity index (χ4v) is 2.29. The van der Waals surface area contributed by atoms with E-state index in [0.29, 0.717) is 36.5 Å². The lowest BCUT2D eigenvalue weighted by molar-refractivity contribution is -0.0176. The molecule has 0 radical (unpaired) electrons. The Labute approximate surface area is 118 Å². The first-order valence-electron chi connectivity index (χ1n) is 6.66. The van der Waals surface area contributed by atoms with Crippen LogP contribution in [0.15, 0.2) is 18.2 Å². The molecule has 0 aliphatic carbocycles. The number of hydrogen-bond acceptors (Lipinski definition) is 5. The first kappa shape index (κ1) is 14.6. The largest absolute Gasteiger partial charge is 0.399 e. The van der Waals surface area contributed by atoms with Crippen LogP contribution in [0.1, 0.15) is 23.7 Å². The molecule has 6 heteroatoms. The van der Waals surface area contributed by atoms with Gasteiger partial charge in [-0.1, -0.05) is 0 Å². The number of anilines is 2. The van der Waals surface area contributed by atoms with E-state index in [-0.39, 0.29) is 12.0 Å². The van der Waals surface area contributed by atoms with Gasteiger partial charge in [0.1, 0.15) is 5.60 Å². The Bertz CT molecular complexity index is 506. The van der Waals surface area contributed by atoms with E-state index in [1.807, 2.05) is 6.92 Å². The maximum absolute atomic E-state index is 11.8. The fourth-order valence-electron chi connectivity index (χ4n) is 2.29. The van der Waals surface area contributed by atoms with Crippen LogP contribution < -0.4 is 16.4 Å². The quantitative estimate of drug-likeness (QED) is 0.605. The lowest BCUT2D eigenvalue weighted by atomic mass is 9.96. The second kappa shape index (κ2) is 5.68. The summed E-state index contributed by atoms with van der Waals surface area (Å²) in [5.41, 5.74) is 6.49. The molecule has 0 aromatic heterocycles. The second-order valence-electron chi connectivity index (χ2n) is 5.10. The molecule has 1 aromatic carbocycles. The van der Waals surface area contributed by atoms with Gasteiger partial charge in [-0.15, -0.1) is 0 Å². The van der Waals surface area contributed by atoms with Crippen LogP contribution in [0.5, 0.6) is 0 Å². The molecule has 0 spiro atoms. The molecule has 2 unspecified atom stereocenters. The van der Waals surface area contributed by atoms with Crippen molar-refractivity contribution in [3.63, 3.8) is 0 Å². The van der Waals surface area contributed by atoms with Gasteiger partial charge < -0.3 is 26.2 Å². The third-order valence-electron chi connectivity index (χ3n) is 3.76. The second-order valence-corrected chi connectivity index (χ2v) is 5.10. The number of aliphatic hydroxyl groups is 1. The normalized spacial score (nSPS) is 25.4. The molecule has 1 aliphatic heterocycles. The molecule has 1 fully saturated rings. The van der Waals surface area contributed by atoms with Crippen LogP contribution in [-0.2, 0) is 4.74 Å². The number of nitrogen functional groups attached to an aromatic ring is 1. The zero-order valence-electron chi connectivity index (χ0n) is 11.8. The van der Waals surface area contributed by atoms with Crippen LogP contribution in [0, 0.1) is 0 Å². The smallest absolute Gasteiger partial charge is 0.253 e. The molecule has 5 N–H and O–H groups in total. The van der Waals surface area contributed by atoms with Gasteiger partial charge in [-0.2, -0.15) is 0 Å². The van der Waals surface area contributed by atoms with Crippen LogP contribution >= 0.6 is 0 Å². The Morgan fingerprint density at radius 1 is 1.60 bits per heavy atom. The summed E-state index contributed by atoms with van der Waals surface area (Å²) in [6, 6.07) is 5.02. The summed E-state index contributed by atoms with van der Waals surface area (Å²) < 4.78 is 5.39. The molecule has 0 bridgehead atoms. The third-order valence-corrected chi connectivity index (χ3v) is 3.76. The fraction of sp³-hybridized carbons (Fsp3) is 0.500. The number of benzene rings is 1. The summed E-state index contributed by atoms with van der Waals surface area (Å²) in [6.45, 7) is 2.69. The summed E-state index contributed by atoms with van der Waals surface area (Å²) in [4.78, 5) is 11.8. The zero-order valence-corrected chi connectivity index (χ0v) is 11.8. The van der Waals surface area contributed by atoms with E-state index in [2.05, 4.69) is 10.6 Å². The summed E-state index contributed by atoms with van der Waals surface area (Å²) in [6.07, 6.45) is 0.332. The molecule has 1 heterocycles. The summed E-state index contributed by atoms with van der Waals surface area (Å²) >= 11 is 0. The van der Waals surface area contributed by atoms with Gasteiger partial charge in [0.25, 0.3) is 5.91 Å². The van der Waals surface area contributed by atoms with E-state index in [1.165, 1.54) is 0 Å². The molecular formula is C14H21N3O3. The van der Waals surface area contributed by atoms with Crippen molar-refractivity contribution in [2.45, 2.75) is 25.0 Å². The first-order valence-corrected chi connectivity index (χ1v) is 6.66. The Hall–Kier alpha value is -1.79. The van der Waals surface area contributed by atoms with Crippen molar-refractivity contribution < 1.29 is 14.6 Å². The number of rotatable bonds is 4. The Balaban J connectivity index is 2.16. The summed E-state index contributed by atoms with van der Waals surface area (Å²) in [7, 11) is 1.57. The lowest BCUT2D eigenvalue weighted by Gasteiger charge is -2.27. The van der Waals surface area contributed by atoms with E-state index in [9.17, 15) is 9.90 Å². The zero-order chi connectivity index (χ0) is 14.8. The highest BCUT2D eigenvalue weighted by Crippen LogP contribution is 2.27. The molecule has 0 saturated carbocycles. The highest BCUT2D eigenvalue weighted by atomic mass is 16.5. The van der Waals surface area contributed by atoms with Crippen LogP contribution in [0.25, 0.3) is 0 Å². The van der Waals surface area contributed by atoms with Gasteiger partial charge in [-0.05, 0) is 25.1 Å². The van der Waals surface area contributed by atoms with Crippen LogP contribution in [0.2, 0.25) is 0 Å². The molecule has 1 amide bonds. The van der Waals surface area contributed by atoms with Crippen molar-refractivity contribution in [1.82, 2.24) is 5.32 Å². The van der Waals surface area contributed by atoms with Crippen LogP contribution in [0.4, 0.5) is 11.4 Å². The predicted molar refractivity (Wildman–Crippen MR) is 77.7 cm³/mol. The third kappa shape index (κ3) is 2.86. The maximum atomic E-state index is 11.8. The minimum Gasteiger partial charge on any atom is -0.399 e. The minimum atomic E-state index is -0.926. The van der Waals surface area contributed by atoms with Crippen molar-refractivity contribution in [1.29, 1.82) is 0 Å². The molecule has 6 nitrogen and oxygen atoms in total. The Morgan fingerprint density at radius 3 is 2.95 bits per heavy atom. The molecule has 1 aliphatic rings. The number of nitrogens with two attached hydrogens (primary N) is 1. The highest BCUT2D eigenvalue weighted by Gasteiger charge is 2.39. The van der Waals surface area contributed by atoms with E-state index >= 15 is 0 Å². The monoisotopic (exact) mass is 279 g/mol. The van der Waals surface area contributed by atoms with Crippen molar-refractivity contribution in [3.8, 4) is 0 Å². The summed E-state index contributed by atoms with van der Waals surface area (Å²) in [5, 5.41) is 16.1. The number of ether oxygens (including phenoxy) is 1. The molecule has 1 aromatic rings.